The molecule has 0 aliphatic carbocycles. The van der Waals surface area contributed by atoms with Crippen molar-refractivity contribution in [1.29, 1.82) is 0 Å². The molecule has 0 bridgehead atoms. The number of hydrogen-bond donors (Lipinski definition) is 0. The molecule has 0 heterocycles. The molecule has 0 spiro atoms. The van der Waals surface area contributed by atoms with Gasteiger partial charge in [0.1, 0.15) is 0 Å². The lowest BCUT2D eigenvalue weighted by atomic mass is 10.2. The molecule has 0 saturated carbocycles. The Morgan fingerprint density at radius 3 is 2.00 bits per heavy atom. The minimum atomic E-state index is -3.82. The van der Waals surface area contributed by atoms with Gasteiger partial charge in [-0.2, -0.15) is 0 Å². The summed E-state index contributed by atoms with van der Waals surface area (Å²) in [4.78, 5) is 12.4. The third-order valence-corrected chi connectivity index (χ3v) is 5.13. The number of carbonyl (C=O) groups excluding carboxylic acids is 1. The summed E-state index contributed by atoms with van der Waals surface area (Å²) in [5.74, 6) is 0. The van der Waals surface area contributed by atoms with Gasteiger partial charge in [-0.3, -0.25) is 9.36 Å². The summed E-state index contributed by atoms with van der Waals surface area (Å²) in [6, 6.07) is 6.95. The summed E-state index contributed by atoms with van der Waals surface area (Å²) >= 11 is 2.03. The van der Waals surface area contributed by atoms with E-state index in [1.165, 1.54) is 0 Å². The van der Waals surface area contributed by atoms with Crippen LogP contribution in [0.4, 0.5) is 0 Å². The van der Waals surface area contributed by atoms with Crippen molar-refractivity contribution in [2.24, 2.45) is 0 Å². The summed E-state index contributed by atoms with van der Waals surface area (Å²) in [7, 11) is -3.82. The molecule has 0 amide bonds. The van der Waals surface area contributed by atoms with E-state index >= 15 is 0 Å². The first kappa shape index (κ1) is 16.8. The van der Waals surface area contributed by atoms with Crippen molar-refractivity contribution in [2.45, 2.75) is 39.9 Å². The highest BCUT2D eigenvalue weighted by atomic mass is 127. The molecular weight excluding hydrogens is 378 g/mol. The van der Waals surface area contributed by atoms with Crippen LogP contribution in [0.1, 0.15) is 38.1 Å². The largest absolute Gasteiger partial charge is 0.402 e. The molecule has 0 atom stereocenters. The predicted molar refractivity (Wildman–Crippen MR) is 83.5 cm³/mol. The van der Waals surface area contributed by atoms with Gasteiger partial charge in [-0.15, -0.1) is 0 Å². The van der Waals surface area contributed by atoms with Crippen molar-refractivity contribution in [1.82, 2.24) is 0 Å². The van der Waals surface area contributed by atoms with Gasteiger partial charge in [0.2, 0.25) is 0 Å². The van der Waals surface area contributed by atoms with E-state index in [-0.39, 0.29) is 12.2 Å². The van der Waals surface area contributed by atoms with Crippen molar-refractivity contribution in [3.63, 3.8) is 0 Å². The van der Waals surface area contributed by atoms with Gasteiger partial charge in [0, 0.05) is 9.13 Å². The SMILES string of the molecule is CC(C)OP(=O)(OC(C)C)C(=O)c1ccccc1I. The van der Waals surface area contributed by atoms with Crippen LogP contribution >= 0.6 is 30.2 Å². The van der Waals surface area contributed by atoms with E-state index < -0.39 is 13.1 Å². The molecule has 0 unspecified atom stereocenters. The average Bonchev–Trinajstić information content (AvgIpc) is 2.26. The molecule has 0 radical (unpaired) electrons. The Morgan fingerprint density at radius 1 is 1.11 bits per heavy atom. The Bertz CT molecular complexity index is 485. The molecule has 0 N–H and O–H groups in total. The number of rotatable bonds is 6. The fourth-order valence-corrected chi connectivity index (χ4v) is 4.14. The molecule has 106 valence electrons. The second-order valence-electron chi connectivity index (χ2n) is 4.59. The van der Waals surface area contributed by atoms with Gasteiger partial charge in [-0.25, -0.2) is 0 Å². The summed E-state index contributed by atoms with van der Waals surface area (Å²) in [5.41, 5.74) is -0.215. The number of hydrogen-bond acceptors (Lipinski definition) is 4. The summed E-state index contributed by atoms with van der Waals surface area (Å²) in [6.45, 7) is 6.89. The number of halogens is 1. The maximum absolute atomic E-state index is 12.7. The van der Waals surface area contributed by atoms with Gasteiger partial charge in [0.15, 0.2) is 0 Å². The molecule has 0 aliphatic heterocycles. The highest BCUT2D eigenvalue weighted by molar-refractivity contribution is 14.1. The quantitative estimate of drug-likeness (QED) is 0.526. The van der Waals surface area contributed by atoms with Crippen molar-refractivity contribution in [2.75, 3.05) is 0 Å². The minimum absolute atomic E-state index is 0.352. The molecule has 19 heavy (non-hydrogen) atoms. The summed E-state index contributed by atoms with van der Waals surface area (Å²) in [6.07, 6.45) is -0.704. The van der Waals surface area contributed by atoms with Gasteiger partial charge in [0.05, 0.1) is 12.2 Å². The Hall–Kier alpha value is -0.230. The summed E-state index contributed by atoms with van der Waals surface area (Å²) < 4.78 is 24.0. The lowest BCUT2D eigenvalue weighted by molar-refractivity contribution is 0.0923. The fraction of sp³-hybridized carbons (Fsp3) is 0.462. The van der Waals surface area contributed by atoms with Crippen molar-refractivity contribution in [3.05, 3.63) is 33.4 Å². The molecule has 0 fully saturated rings. The van der Waals surface area contributed by atoms with Gasteiger partial charge >= 0.3 is 7.60 Å². The second-order valence-corrected chi connectivity index (χ2v) is 7.58. The highest BCUT2D eigenvalue weighted by Crippen LogP contribution is 2.53. The molecule has 1 aromatic carbocycles. The summed E-state index contributed by atoms with van der Waals surface area (Å²) in [5, 5.41) is 0. The number of carbonyl (C=O) groups is 1. The first-order valence-corrected chi connectivity index (χ1v) is 8.64. The van der Waals surface area contributed by atoms with E-state index in [9.17, 15) is 9.36 Å². The standard InChI is InChI=1S/C13H18IO4P/c1-9(2)17-19(16,18-10(3)4)13(15)11-7-5-6-8-12(11)14/h5-10H,1-4H3. The zero-order chi connectivity index (χ0) is 14.6. The van der Waals surface area contributed by atoms with Crippen LogP contribution in [0.5, 0.6) is 0 Å². The average molecular weight is 396 g/mol. The molecule has 1 rings (SSSR count). The molecule has 0 aliphatic rings. The van der Waals surface area contributed by atoms with Crippen molar-refractivity contribution in [3.8, 4) is 0 Å². The van der Waals surface area contributed by atoms with Gasteiger partial charge < -0.3 is 9.05 Å². The molecule has 0 saturated heterocycles. The normalized spacial score (nSPS) is 12.2. The van der Waals surface area contributed by atoms with Crippen LogP contribution in [-0.2, 0) is 13.6 Å². The molecular formula is C13H18IO4P. The lowest BCUT2D eigenvalue weighted by Crippen LogP contribution is -2.15. The van der Waals surface area contributed by atoms with Crippen LogP contribution < -0.4 is 0 Å². The van der Waals surface area contributed by atoms with Crippen LogP contribution in [0.25, 0.3) is 0 Å². The van der Waals surface area contributed by atoms with E-state index in [1.807, 2.05) is 28.7 Å². The van der Waals surface area contributed by atoms with E-state index in [0.717, 1.165) is 3.57 Å². The molecule has 6 heteroatoms. The maximum Gasteiger partial charge on any atom is 0.402 e. The predicted octanol–water partition coefficient (Wildman–Crippen LogP) is 4.47. The molecule has 4 nitrogen and oxygen atoms in total. The van der Waals surface area contributed by atoms with Crippen molar-refractivity contribution >= 4 is 35.7 Å². The Kier molecular flexibility index (Phi) is 6.17. The third-order valence-electron chi connectivity index (χ3n) is 2.05. The monoisotopic (exact) mass is 396 g/mol. The Balaban J connectivity index is 3.15. The molecule has 0 aromatic heterocycles. The lowest BCUT2D eigenvalue weighted by Gasteiger charge is -2.21. The van der Waals surface area contributed by atoms with Crippen LogP contribution in [0, 0.1) is 3.57 Å². The molecule has 1 aromatic rings. The van der Waals surface area contributed by atoms with Gasteiger partial charge in [-0.05, 0) is 62.4 Å². The maximum atomic E-state index is 12.7. The van der Waals surface area contributed by atoms with Gasteiger partial charge in [-0.1, -0.05) is 12.1 Å². The van der Waals surface area contributed by atoms with E-state index in [0.29, 0.717) is 5.56 Å². The number of benzene rings is 1. The minimum Gasteiger partial charge on any atom is -0.300 e. The Morgan fingerprint density at radius 2 is 1.58 bits per heavy atom. The van der Waals surface area contributed by atoms with E-state index in [2.05, 4.69) is 0 Å². The third kappa shape index (κ3) is 4.67. The van der Waals surface area contributed by atoms with Crippen LogP contribution in [-0.4, -0.2) is 17.7 Å². The van der Waals surface area contributed by atoms with Crippen LogP contribution in [0.3, 0.4) is 0 Å². The van der Waals surface area contributed by atoms with E-state index in [4.69, 9.17) is 9.05 Å². The topological polar surface area (TPSA) is 52.6 Å². The first-order valence-electron chi connectivity index (χ1n) is 6.02. The van der Waals surface area contributed by atoms with Gasteiger partial charge in [0.25, 0.3) is 5.52 Å². The zero-order valence-corrected chi connectivity index (χ0v) is 14.5. The fourth-order valence-electron chi connectivity index (χ4n) is 1.46. The smallest absolute Gasteiger partial charge is 0.300 e. The zero-order valence-electron chi connectivity index (χ0n) is 11.4. The second kappa shape index (κ2) is 6.97. The van der Waals surface area contributed by atoms with Crippen molar-refractivity contribution < 1.29 is 18.4 Å². The van der Waals surface area contributed by atoms with Crippen LogP contribution in [0.15, 0.2) is 24.3 Å². The van der Waals surface area contributed by atoms with Crippen LogP contribution in [0.2, 0.25) is 0 Å². The first-order chi connectivity index (χ1) is 8.76. The Labute approximate surface area is 127 Å². The van der Waals surface area contributed by atoms with E-state index in [1.54, 1.807) is 45.9 Å². The highest BCUT2D eigenvalue weighted by Gasteiger charge is 2.38.